The van der Waals surface area contributed by atoms with Crippen molar-refractivity contribution in [2.75, 3.05) is 6.54 Å². The number of halogens is 1. The van der Waals surface area contributed by atoms with Crippen molar-refractivity contribution in [3.63, 3.8) is 0 Å². The van der Waals surface area contributed by atoms with Crippen molar-refractivity contribution in [3.05, 3.63) is 40.5 Å². The number of nitrogens with one attached hydrogen (secondary N) is 2. The lowest BCUT2D eigenvalue weighted by Gasteiger charge is -2.14. The minimum atomic E-state index is -0.378. The van der Waals surface area contributed by atoms with E-state index in [0.29, 0.717) is 23.0 Å². The second-order valence-corrected chi connectivity index (χ2v) is 11.7. The van der Waals surface area contributed by atoms with Crippen LogP contribution in [-0.4, -0.2) is 32.4 Å². The molecule has 7 nitrogen and oxygen atoms in total. The third-order valence-electron chi connectivity index (χ3n) is 6.82. The largest absolute Gasteiger partial charge is 0.445 e. The number of hydrogen-bond donors (Lipinski definition) is 2. The Morgan fingerprint density at radius 1 is 0.974 bits per heavy atom. The van der Waals surface area contributed by atoms with E-state index >= 15 is 0 Å². The highest BCUT2D eigenvalue weighted by molar-refractivity contribution is 6.34. The third kappa shape index (κ3) is 9.33. The molecule has 0 aliphatic carbocycles. The quantitative estimate of drug-likeness (QED) is 0.177. The summed E-state index contributed by atoms with van der Waals surface area (Å²) in [5.74, 6) is 0.660. The lowest BCUT2D eigenvalue weighted by molar-refractivity contribution is 0.139. The molecule has 1 aromatic carbocycles. The lowest BCUT2D eigenvalue weighted by Crippen LogP contribution is -2.25. The summed E-state index contributed by atoms with van der Waals surface area (Å²) < 4.78 is 6.97. The van der Waals surface area contributed by atoms with E-state index in [1.165, 1.54) is 64.2 Å². The van der Waals surface area contributed by atoms with E-state index < -0.39 is 0 Å². The second kappa shape index (κ2) is 15.2. The topological polar surface area (TPSA) is 84.3 Å². The van der Waals surface area contributed by atoms with Crippen LogP contribution in [0.2, 0.25) is 5.02 Å². The van der Waals surface area contributed by atoms with Crippen molar-refractivity contribution < 1.29 is 9.53 Å². The highest BCUT2D eigenvalue weighted by Crippen LogP contribution is 2.31. The van der Waals surface area contributed by atoms with Gasteiger partial charge in [-0.2, -0.15) is 5.10 Å². The number of aromatic amines is 1. The van der Waals surface area contributed by atoms with Crippen LogP contribution < -0.4 is 5.32 Å². The van der Waals surface area contributed by atoms with Gasteiger partial charge in [0, 0.05) is 17.5 Å². The van der Waals surface area contributed by atoms with Crippen LogP contribution in [0.25, 0.3) is 17.0 Å². The number of H-pyrrole nitrogens is 1. The molecule has 3 rings (SSSR count). The maximum Gasteiger partial charge on any atom is 0.407 e. The fourth-order valence-corrected chi connectivity index (χ4v) is 5.02. The fourth-order valence-electron chi connectivity index (χ4n) is 4.57. The highest BCUT2D eigenvalue weighted by Gasteiger charge is 2.25. The Morgan fingerprint density at radius 2 is 1.61 bits per heavy atom. The first-order valence-electron chi connectivity index (χ1n) is 14.4. The molecule has 2 heterocycles. The second-order valence-electron chi connectivity index (χ2n) is 11.3. The molecule has 2 aromatic heterocycles. The number of alkyl carbamates (subject to hydrolysis) is 1. The number of nitrogens with zero attached hydrogens (tertiary/aromatic N) is 3. The number of amides is 1. The summed E-state index contributed by atoms with van der Waals surface area (Å²) in [7, 11) is 0. The maximum atomic E-state index is 12.1. The first-order valence-corrected chi connectivity index (χ1v) is 14.8. The van der Waals surface area contributed by atoms with Crippen molar-refractivity contribution in [2.24, 2.45) is 0 Å². The number of hydrogen-bond acceptors (Lipinski definition) is 4. The minimum Gasteiger partial charge on any atom is -0.445 e. The van der Waals surface area contributed by atoms with Crippen LogP contribution >= 0.6 is 11.6 Å². The van der Waals surface area contributed by atoms with E-state index in [2.05, 4.69) is 48.2 Å². The molecule has 0 spiro atoms. The zero-order valence-corrected chi connectivity index (χ0v) is 24.5. The lowest BCUT2D eigenvalue weighted by atomic mass is 9.92. The molecule has 0 aliphatic heterocycles. The van der Waals surface area contributed by atoms with Crippen LogP contribution in [-0.2, 0) is 16.8 Å². The molecule has 0 bridgehead atoms. The Labute approximate surface area is 233 Å². The fraction of sp³-hybridized carbons (Fsp3) is 0.633. The Kier molecular flexibility index (Phi) is 12.0. The minimum absolute atomic E-state index is 0.170. The van der Waals surface area contributed by atoms with Gasteiger partial charge in [0.25, 0.3) is 0 Å². The predicted molar refractivity (Wildman–Crippen MR) is 156 cm³/mol. The Balaban J connectivity index is 1.32. The Morgan fingerprint density at radius 3 is 2.21 bits per heavy atom. The number of aromatic nitrogens is 4. The van der Waals surface area contributed by atoms with Gasteiger partial charge in [-0.1, -0.05) is 128 Å². The van der Waals surface area contributed by atoms with Crippen molar-refractivity contribution in [1.82, 2.24) is 25.1 Å². The van der Waals surface area contributed by atoms with E-state index in [9.17, 15) is 4.79 Å². The van der Waals surface area contributed by atoms with E-state index in [1.807, 2.05) is 24.3 Å². The summed E-state index contributed by atoms with van der Waals surface area (Å²) in [4.78, 5) is 15.4. The molecule has 0 saturated carbocycles. The standard InChI is InChI=1S/C30H46ClN5O2/c1-5-6-7-8-9-10-11-12-13-14-15-16-20-32-29(37)38-22-23-18-17-19-24(21-23)27-33-28-25(31)26(30(2,3)4)34-36(28)35-27/h17-19,21H,5-16,20,22H2,1-4H3,(H,32,37)(H,33,35). The third-order valence-corrected chi connectivity index (χ3v) is 7.18. The average Bonchev–Trinajstić information content (AvgIpc) is 3.45. The number of carbonyl (C=O) groups is 1. The van der Waals surface area contributed by atoms with Crippen LogP contribution in [0.3, 0.4) is 0 Å². The number of rotatable bonds is 16. The van der Waals surface area contributed by atoms with Crippen LogP contribution in [0.15, 0.2) is 24.3 Å². The van der Waals surface area contributed by atoms with Gasteiger partial charge in [-0.15, -0.1) is 9.73 Å². The monoisotopic (exact) mass is 543 g/mol. The van der Waals surface area contributed by atoms with E-state index in [1.54, 1.807) is 4.63 Å². The van der Waals surface area contributed by atoms with Gasteiger partial charge in [-0.25, -0.2) is 4.79 Å². The van der Waals surface area contributed by atoms with E-state index in [0.717, 1.165) is 29.7 Å². The average molecular weight is 544 g/mol. The van der Waals surface area contributed by atoms with Gasteiger partial charge in [0.2, 0.25) is 0 Å². The zero-order valence-electron chi connectivity index (χ0n) is 23.7. The normalized spacial score (nSPS) is 11.8. The van der Waals surface area contributed by atoms with Gasteiger partial charge >= 0.3 is 6.09 Å². The summed E-state index contributed by atoms with van der Waals surface area (Å²) in [5, 5.41) is 12.6. The molecule has 0 fully saturated rings. The molecule has 0 atom stereocenters. The molecule has 3 aromatic rings. The van der Waals surface area contributed by atoms with Crippen molar-refractivity contribution in [2.45, 2.75) is 117 Å². The van der Waals surface area contributed by atoms with Gasteiger partial charge in [-0.05, 0) is 18.1 Å². The molecule has 210 valence electrons. The van der Waals surface area contributed by atoms with Crippen LogP contribution in [0.4, 0.5) is 4.79 Å². The highest BCUT2D eigenvalue weighted by atomic mass is 35.5. The van der Waals surface area contributed by atoms with Crippen LogP contribution in [0.1, 0.15) is 116 Å². The molecular formula is C30H46ClN5O2. The number of ether oxygens (including phenoxy) is 1. The summed E-state index contributed by atoms with van der Waals surface area (Å²) in [6, 6.07) is 7.76. The molecule has 0 radical (unpaired) electrons. The first-order chi connectivity index (χ1) is 18.3. The summed E-state index contributed by atoms with van der Waals surface area (Å²) in [5.41, 5.74) is 3.07. The van der Waals surface area contributed by atoms with E-state index in [4.69, 9.17) is 16.3 Å². The number of carbonyl (C=O) groups excluding carboxylic acids is 1. The van der Waals surface area contributed by atoms with E-state index in [-0.39, 0.29) is 18.1 Å². The SMILES string of the molecule is CCCCCCCCCCCCCCNC(=O)OCc1cccc(-c2nn3nc(C(C)(C)C)c(Cl)c3[nH]2)c1. The molecule has 38 heavy (non-hydrogen) atoms. The molecule has 2 N–H and O–H groups in total. The smallest absolute Gasteiger partial charge is 0.407 e. The van der Waals surface area contributed by atoms with Crippen molar-refractivity contribution >= 4 is 23.3 Å². The van der Waals surface area contributed by atoms with Gasteiger partial charge in [0.05, 0.1) is 5.69 Å². The van der Waals surface area contributed by atoms with Crippen LogP contribution in [0.5, 0.6) is 0 Å². The summed E-state index contributed by atoms with van der Waals surface area (Å²) in [6.45, 7) is 9.32. The summed E-state index contributed by atoms with van der Waals surface area (Å²) >= 11 is 6.55. The predicted octanol–water partition coefficient (Wildman–Crippen LogP) is 8.60. The number of fused-ring (bicyclic) bond motifs is 1. The zero-order chi connectivity index (χ0) is 27.4. The molecule has 1 amide bonds. The summed E-state index contributed by atoms with van der Waals surface area (Å²) in [6.07, 6.45) is 15.2. The number of unbranched alkanes of at least 4 members (excludes halogenated alkanes) is 11. The maximum absolute atomic E-state index is 12.1. The molecule has 0 aliphatic rings. The Hall–Kier alpha value is -2.54. The number of benzene rings is 1. The molecule has 0 saturated heterocycles. The first kappa shape index (κ1) is 30.0. The van der Waals surface area contributed by atoms with Gasteiger partial charge in [0.15, 0.2) is 11.5 Å². The van der Waals surface area contributed by atoms with Gasteiger partial charge < -0.3 is 15.0 Å². The Bertz CT molecular complexity index is 1130. The van der Waals surface area contributed by atoms with Crippen molar-refractivity contribution in [1.29, 1.82) is 0 Å². The van der Waals surface area contributed by atoms with Crippen LogP contribution in [0, 0.1) is 0 Å². The van der Waals surface area contributed by atoms with Gasteiger partial charge in [0.1, 0.15) is 11.6 Å². The van der Waals surface area contributed by atoms with Gasteiger partial charge in [-0.3, -0.25) is 0 Å². The van der Waals surface area contributed by atoms with Crippen molar-refractivity contribution in [3.8, 4) is 11.4 Å². The molecular weight excluding hydrogens is 498 g/mol. The molecule has 8 heteroatoms. The molecule has 0 unspecified atom stereocenters.